The highest BCUT2D eigenvalue weighted by atomic mass is 79.9. The molecule has 1 saturated carbocycles. The largest absolute Gasteiger partial charge is 0.383 e. The van der Waals surface area contributed by atoms with E-state index in [4.69, 9.17) is 5.73 Å². The first-order valence-corrected chi connectivity index (χ1v) is 4.90. The van der Waals surface area contributed by atoms with Gasteiger partial charge in [0.25, 0.3) is 0 Å². The van der Waals surface area contributed by atoms with E-state index in [1.165, 1.54) is 18.4 Å². The Kier molecular flexibility index (Phi) is 1.83. The fourth-order valence-corrected chi connectivity index (χ4v) is 1.76. The van der Waals surface area contributed by atoms with E-state index in [1.807, 2.05) is 6.92 Å². The van der Waals surface area contributed by atoms with Crippen LogP contribution in [0.2, 0.25) is 0 Å². The summed E-state index contributed by atoms with van der Waals surface area (Å²) in [6.07, 6.45) is 2.61. The smallest absolute Gasteiger partial charge is 0.138 e. The SMILES string of the molecule is Cc1nc(N)c(Br)cc1C1CC1. The van der Waals surface area contributed by atoms with Crippen LogP contribution in [0.1, 0.15) is 30.0 Å². The lowest BCUT2D eigenvalue weighted by molar-refractivity contribution is 1.04. The molecule has 12 heavy (non-hydrogen) atoms. The molecule has 0 radical (unpaired) electrons. The minimum Gasteiger partial charge on any atom is -0.383 e. The van der Waals surface area contributed by atoms with Gasteiger partial charge in [-0.25, -0.2) is 4.98 Å². The van der Waals surface area contributed by atoms with Crippen molar-refractivity contribution in [2.75, 3.05) is 5.73 Å². The summed E-state index contributed by atoms with van der Waals surface area (Å²) in [5.41, 5.74) is 8.09. The van der Waals surface area contributed by atoms with Crippen LogP contribution < -0.4 is 5.73 Å². The van der Waals surface area contributed by atoms with E-state index in [1.54, 1.807) is 0 Å². The third-order valence-corrected chi connectivity index (χ3v) is 2.89. The average molecular weight is 227 g/mol. The zero-order valence-electron chi connectivity index (χ0n) is 6.97. The number of pyridine rings is 1. The van der Waals surface area contributed by atoms with Crippen LogP contribution in [0.4, 0.5) is 5.82 Å². The number of rotatable bonds is 1. The van der Waals surface area contributed by atoms with E-state index in [0.29, 0.717) is 5.82 Å². The van der Waals surface area contributed by atoms with Gasteiger partial charge < -0.3 is 5.73 Å². The van der Waals surface area contributed by atoms with Gasteiger partial charge >= 0.3 is 0 Å². The molecule has 0 spiro atoms. The lowest BCUT2D eigenvalue weighted by Crippen LogP contribution is -1.97. The first-order chi connectivity index (χ1) is 5.68. The molecule has 1 aliphatic carbocycles. The van der Waals surface area contributed by atoms with Crippen molar-refractivity contribution in [1.82, 2.24) is 4.98 Å². The highest BCUT2D eigenvalue weighted by Crippen LogP contribution is 2.42. The van der Waals surface area contributed by atoms with Gasteiger partial charge in [0.15, 0.2) is 0 Å². The first kappa shape index (κ1) is 8.05. The molecule has 0 unspecified atom stereocenters. The number of hydrogen-bond donors (Lipinski definition) is 1. The minimum atomic E-state index is 0.594. The second-order valence-electron chi connectivity index (χ2n) is 3.30. The number of nitrogen functional groups attached to an aromatic ring is 1. The van der Waals surface area contributed by atoms with Crippen LogP contribution in [-0.2, 0) is 0 Å². The van der Waals surface area contributed by atoms with Crippen LogP contribution in [0, 0.1) is 6.92 Å². The van der Waals surface area contributed by atoms with Crippen molar-refractivity contribution in [2.24, 2.45) is 0 Å². The van der Waals surface area contributed by atoms with Gasteiger partial charge in [-0.3, -0.25) is 0 Å². The normalized spacial score (nSPS) is 16.5. The summed E-state index contributed by atoms with van der Waals surface area (Å²) in [7, 11) is 0. The number of halogens is 1. The summed E-state index contributed by atoms with van der Waals surface area (Å²) in [5, 5.41) is 0. The van der Waals surface area contributed by atoms with Crippen molar-refractivity contribution in [2.45, 2.75) is 25.7 Å². The maximum atomic E-state index is 5.65. The molecular formula is C9H11BrN2. The molecule has 1 heterocycles. The quantitative estimate of drug-likeness (QED) is 0.800. The van der Waals surface area contributed by atoms with Crippen molar-refractivity contribution >= 4 is 21.7 Å². The molecule has 2 N–H and O–H groups in total. The van der Waals surface area contributed by atoms with Gasteiger partial charge in [0.2, 0.25) is 0 Å². The molecule has 2 rings (SSSR count). The van der Waals surface area contributed by atoms with E-state index in [9.17, 15) is 0 Å². The van der Waals surface area contributed by atoms with E-state index in [-0.39, 0.29) is 0 Å². The van der Waals surface area contributed by atoms with Gasteiger partial charge in [-0.2, -0.15) is 0 Å². The standard InChI is InChI=1S/C9H11BrN2/c1-5-7(6-2-3-6)4-8(10)9(11)12-5/h4,6H,2-3H2,1H3,(H2,11,12). The molecule has 2 nitrogen and oxygen atoms in total. The first-order valence-electron chi connectivity index (χ1n) is 4.11. The van der Waals surface area contributed by atoms with Crippen molar-refractivity contribution in [1.29, 1.82) is 0 Å². The molecule has 64 valence electrons. The summed E-state index contributed by atoms with van der Waals surface area (Å²) < 4.78 is 0.926. The second kappa shape index (κ2) is 2.73. The van der Waals surface area contributed by atoms with E-state index >= 15 is 0 Å². The molecule has 0 bridgehead atoms. The molecule has 0 saturated heterocycles. The van der Waals surface area contributed by atoms with Crippen LogP contribution in [0.15, 0.2) is 10.5 Å². The fourth-order valence-electron chi connectivity index (χ4n) is 1.42. The molecule has 3 heteroatoms. The van der Waals surface area contributed by atoms with E-state index in [0.717, 1.165) is 16.1 Å². The van der Waals surface area contributed by atoms with E-state index < -0.39 is 0 Å². The number of nitrogens with zero attached hydrogens (tertiary/aromatic N) is 1. The van der Waals surface area contributed by atoms with Crippen LogP contribution >= 0.6 is 15.9 Å². The Morgan fingerprint density at radius 3 is 2.83 bits per heavy atom. The summed E-state index contributed by atoms with van der Waals surface area (Å²) in [6, 6.07) is 2.11. The summed E-state index contributed by atoms with van der Waals surface area (Å²) in [6.45, 7) is 2.02. The Morgan fingerprint density at radius 1 is 1.58 bits per heavy atom. The molecule has 1 aromatic rings. The Morgan fingerprint density at radius 2 is 2.25 bits per heavy atom. The minimum absolute atomic E-state index is 0.594. The van der Waals surface area contributed by atoms with E-state index in [2.05, 4.69) is 27.0 Å². The fraction of sp³-hybridized carbons (Fsp3) is 0.444. The lowest BCUT2D eigenvalue weighted by Gasteiger charge is -2.05. The van der Waals surface area contributed by atoms with Crippen molar-refractivity contribution in [3.05, 3.63) is 21.8 Å². The Bertz CT molecular complexity index is 319. The monoisotopic (exact) mass is 226 g/mol. The summed E-state index contributed by atoms with van der Waals surface area (Å²) in [5.74, 6) is 1.34. The molecule has 1 fully saturated rings. The van der Waals surface area contributed by atoms with Gasteiger partial charge in [-0.1, -0.05) is 0 Å². The highest BCUT2D eigenvalue weighted by molar-refractivity contribution is 9.10. The predicted molar refractivity (Wildman–Crippen MR) is 53.1 cm³/mol. The summed E-state index contributed by atoms with van der Waals surface area (Å²) in [4.78, 5) is 4.27. The van der Waals surface area contributed by atoms with Crippen LogP contribution in [-0.4, -0.2) is 4.98 Å². The molecular weight excluding hydrogens is 216 g/mol. The van der Waals surface area contributed by atoms with Crippen molar-refractivity contribution in [3.8, 4) is 0 Å². The highest BCUT2D eigenvalue weighted by Gasteiger charge is 2.26. The third kappa shape index (κ3) is 1.33. The Balaban J connectivity index is 2.47. The van der Waals surface area contributed by atoms with Crippen molar-refractivity contribution in [3.63, 3.8) is 0 Å². The third-order valence-electron chi connectivity index (χ3n) is 2.25. The van der Waals surface area contributed by atoms with Crippen molar-refractivity contribution < 1.29 is 0 Å². The van der Waals surface area contributed by atoms with Crippen LogP contribution in [0.25, 0.3) is 0 Å². The number of anilines is 1. The number of nitrogens with two attached hydrogens (primary N) is 1. The molecule has 0 atom stereocenters. The molecule has 0 aromatic carbocycles. The van der Waals surface area contributed by atoms with Gasteiger partial charge in [0, 0.05) is 5.69 Å². The maximum absolute atomic E-state index is 5.65. The number of hydrogen-bond acceptors (Lipinski definition) is 2. The van der Waals surface area contributed by atoms with Gasteiger partial charge in [0.05, 0.1) is 4.47 Å². The topological polar surface area (TPSA) is 38.9 Å². The van der Waals surface area contributed by atoms with Gasteiger partial charge in [-0.15, -0.1) is 0 Å². The number of aromatic nitrogens is 1. The lowest BCUT2D eigenvalue weighted by atomic mass is 10.1. The predicted octanol–water partition coefficient (Wildman–Crippen LogP) is 2.61. The molecule has 1 aliphatic rings. The zero-order chi connectivity index (χ0) is 8.72. The van der Waals surface area contributed by atoms with Gasteiger partial charge in [-0.05, 0) is 53.2 Å². The average Bonchev–Trinajstić information content (AvgIpc) is 2.79. The summed E-state index contributed by atoms with van der Waals surface area (Å²) >= 11 is 3.39. The maximum Gasteiger partial charge on any atom is 0.138 e. The molecule has 1 aromatic heterocycles. The number of aryl methyl sites for hydroxylation is 1. The zero-order valence-corrected chi connectivity index (χ0v) is 8.56. The van der Waals surface area contributed by atoms with Gasteiger partial charge in [0.1, 0.15) is 5.82 Å². The Labute approximate surface area is 80.3 Å². The Hall–Kier alpha value is -0.570. The molecule has 0 amide bonds. The van der Waals surface area contributed by atoms with Crippen LogP contribution in [0.3, 0.4) is 0 Å². The second-order valence-corrected chi connectivity index (χ2v) is 4.16. The molecule has 0 aliphatic heterocycles. The van der Waals surface area contributed by atoms with Crippen LogP contribution in [0.5, 0.6) is 0 Å².